The predicted octanol–water partition coefficient (Wildman–Crippen LogP) is 2.08. The van der Waals surface area contributed by atoms with E-state index in [1.165, 1.54) is 0 Å². The smallest absolute Gasteiger partial charge is 0.170 e. The normalized spacial score (nSPS) is 10.7. The van der Waals surface area contributed by atoms with Gasteiger partial charge in [0.25, 0.3) is 0 Å². The maximum atomic E-state index is 6.17. The van der Waals surface area contributed by atoms with E-state index in [2.05, 4.69) is 15.5 Å². The summed E-state index contributed by atoms with van der Waals surface area (Å²) in [5, 5.41) is 11.8. The van der Waals surface area contributed by atoms with Gasteiger partial charge in [-0.05, 0) is 26.1 Å². The number of nitrogens with zero attached hydrogens (tertiary/aromatic N) is 3. The maximum absolute atomic E-state index is 6.17. The van der Waals surface area contributed by atoms with Gasteiger partial charge in [0.15, 0.2) is 5.82 Å². The van der Waals surface area contributed by atoms with Gasteiger partial charge >= 0.3 is 0 Å². The monoisotopic (exact) mass is 280 g/mol. The maximum Gasteiger partial charge on any atom is 0.170 e. The van der Waals surface area contributed by atoms with E-state index in [1.54, 1.807) is 0 Å². The molecule has 0 fully saturated rings. The highest BCUT2D eigenvalue weighted by molar-refractivity contribution is 6.31. The van der Waals surface area contributed by atoms with Crippen LogP contribution in [0.25, 0.3) is 0 Å². The first-order chi connectivity index (χ1) is 9.13. The van der Waals surface area contributed by atoms with Crippen LogP contribution in [0.3, 0.4) is 0 Å². The van der Waals surface area contributed by atoms with Gasteiger partial charge in [-0.25, -0.2) is 0 Å². The second-order valence-electron chi connectivity index (χ2n) is 4.26. The fourth-order valence-corrected chi connectivity index (χ4v) is 1.97. The minimum atomic E-state index is 0.369. The van der Waals surface area contributed by atoms with Crippen LogP contribution >= 0.6 is 11.6 Å². The Kier molecular flexibility index (Phi) is 4.39. The molecule has 0 saturated carbocycles. The second-order valence-corrected chi connectivity index (χ2v) is 4.67. The summed E-state index contributed by atoms with van der Waals surface area (Å²) in [4.78, 5) is 0. The first kappa shape index (κ1) is 13.8. The summed E-state index contributed by atoms with van der Waals surface area (Å²) in [6.45, 7) is 2.93. The van der Waals surface area contributed by atoms with E-state index in [-0.39, 0.29) is 0 Å². The first-order valence-corrected chi connectivity index (χ1v) is 6.41. The van der Waals surface area contributed by atoms with E-state index in [1.807, 2.05) is 43.8 Å². The highest BCUT2D eigenvalue weighted by atomic mass is 35.5. The minimum Gasteiger partial charge on any atom is -0.485 e. The van der Waals surface area contributed by atoms with Crippen LogP contribution in [0.4, 0.5) is 0 Å². The third-order valence-corrected chi connectivity index (χ3v) is 3.32. The molecule has 1 aromatic heterocycles. The molecular weight excluding hydrogens is 264 g/mol. The standard InChI is InChI=1S/C13H17ClN4O/c1-9-16-17-13(18(9)3)8-19-12-6-4-5-11(14)10(12)7-15-2/h4-6,15H,7-8H2,1-3H3. The molecule has 5 nitrogen and oxygen atoms in total. The van der Waals surface area contributed by atoms with Crippen LogP contribution in [0.15, 0.2) is 18.2 Å². The van der Waals surface area contributed by atoms with E-state index in [0.29, 0.717) is 18.2 Å². The summed E-state index contributed by atoms with van der Waals surface area (Å²) in [6.07, 6.45) is 0. The van der Waals surface area contributed by atoms with Crippen LogP contribution in [-0.4, -0.2) is 21.8 Å². The van der Waals surface area contributed by atoms with Gasteiger partial charge in [-0.3, -0.25) is 0 Å². The Morgan fingerprint density at radius 1 is 1.37 bits per heavy atom. The summed E-state index contributed by atoms with van der Waals surface area (Å²) in [5.41, 5.74) is 0.950. The summed E-state index contributed by atoms with van der Waals surface area (Å²) in [7, 11) is 3.79. The lowest BCUT2D eigenvalue weighted by Gasteiger charge is -2.12. The Labute approximate surface area is 117 Å². The third kappa shape index (κ3) is 3.05. The number of hydrogen-bond acceptors (Lipinski definition) is 4. The number of benzene rings is 1. The number of rotatable bonds is 5. The SMILES string of the molecule is CNCc1c(Cl)cccc1OCc1nnc(C)n1C. The molecule has 1 N–H and O–H groups in total. The zero-order chi connectivity index (χ0) is 13.8. The van der Waals surface area contributed by atoms with Crippen molar-refractivity contribution in [2.24, 2.45) is 7.05 Å². The summed E-state index contributed by atoms with van der Waals surface area (Å²) >= 11 is 6.17. The van der Waals surface area contributed by atoms with Crippen molar-refractivity contribution in [3.05, 3.63) is 40.4 Å². The zero-order valence-electron chi connectivity index (χ0n) is 11.3. The Morgan fingerprint density at radius 3 is 2.79 bits per heavy atom. The molecule has 102 valence electrons. The second kappa shape index (κ2) is 6.04. The molecule has 1 heterocycles. The topological polar surface area (TPSA) is 52.0 Å². The van der Waals surface area contributed by atoms with Crippen molar-refractivity contribution in [3.63, 3.8) is 0 Å². The molecule has 0 radical (unpaired) electrons. The highest BCUT2D eigenvalue weighted by Crippen LogP contribution is 2.26. The summed E-state index contributed by atoms with van der Waals surface area (Å²) in [6, 6.07) is 5.63. The van der Waals surface area contributed by atoms with Crippen molar-refractivity contribution in [1.29, 1.82) is 0 Å². The predicted molar refractivity (Wildman–Crippen MR) is 74.3 cm³/mol. The number of halogens is 1. The van der Waals surface area contributed by atoms with Gasteiger partial charge in [0.1, 0.15) is 18.2 Å². The van der Waals surface area contributed by atoms with Gasteiger partial charge in [0.05, 0.1) is 0 Å². The molecule has 0 amide bonds. The van der Waals surface area contributed by atoms with Crippen molar-refractivity contribution < 1.29 is 4.74 Å². The van der Waals surface area contributed by atoms with Crippen molar-refractivity contribution in [3.8, 4) is 5.75 Å². The molecule has 1 aromatic carbocycles. The molecule has 6 heteroatoms. The van der Waals surface area contributed by atoms with Crippen molar-refractivity contribution in [2.45, 2.75) is 20.1 Å². The molecule has 0 aliphatic carbocycles. The van der Waals surface area contributed by atoms with E-state index in [9.17, 15) is 0 Å². The lowest BCUT2D eigenvalue weighted by Crippen LogP contribution is -2.10. The number of nitrogens with one attached hydrogen (secondary N) is 1. The van der Waals surface area contributed by atoms with E-state index in [0.717, 1.165) is 23.0 Å². The van der Waals surface area contributed by atoms with Crippen molar-refractivity contribution in [1.82, 2.24) is 20.1 Å². The van der Waals surface area contributed by atoms with Crippen LogP contribution in [0.5, 0.6) is 5.75 Å². The molecule has 19 heavy (non-hydrogen) atoms. The van der Waals surface area contributed by atoms with Crippen LogP contribution in [0.1, 0.15) is 17.2 Å². The van der Waals surface area contributed by atoms with Gasteiger partial charge in [-0.15, -0.1) is 10.2 Å². The fraction of sp³-hybridized carbons (Fsp3) is 0.385. The van der Waals surface area contributed by atoms with Crippen molar-refractivity contribution in [2.75, 3.05) is 7.05 Å². The number of aryl methyl sites for hydroxylation is 1. The van der Waals surface area contributed by atoms with E-state index < -0.39 is 0 Å². The lowest BCUT2D eigenvalue weighted by atomic mass is 10.2. The number of aromatic nitrogens is 3. The molecule has 0 atom stereocenters. The third-order valence-electron chi connectivity index (χ3n) is 2.97. The Hall–Kier alpha value is -1.59. The minimum absolute atomic E-state index is 0.369. The molecule has 2 aromatic rings. The molecule has 0 aliphatic heterocycles. The van der Waals surface area contributed by atoms with Crippen LogP contribution < -0.4 is 10.1 Å². The van der Waals surface area contributed by atoms with Gasteiger partial charge in [0, 0.05) is 24.2 Å². The molecule has 0 unspecified atom stereocenters. The number of hydrogen-bond donors (Lipinski definition) is 1. The fourth-order valence-electron chi connectivity index (χ4n) is 1.74. The van der Waals surface area contributed by atoms with Crippen LogP contribution in [0, 0.1) is 6.92 Å². The molecule has 0 saturated heterocycles. The van der Waals surface area contributed by atoms with E-state index >= 15 is 0 Å². The molecule has 0 spiro atoms. The number of ether oxygens (including phenoxy) is 1. The van der Waals surface area contributed by atoms with Crippen LogP contribution in [-0.2, 0) is 20.2 Å². The van der Waals surface area contributed by atoms with Gasteiger partial charge in [-0.1, -0.05) is 17.7 Å². The first-order valence-electron chi connectivity index (χ1n) is 6.03. The largest absolute Gasteiger partial charge is 0.485 e. The molecule has 2 rings (SSSR count). The Morgan fingerprint density at radius 2 is 2.16 bits per heavy atom. The van der Waals surface area contributed by atoms with E-state index in [4.69, 9.17) is 16.3 Å². The van der Waals surface area contributed by atoms with Gasteiger partial charge < -0.3 is 14.6 Å². The van der Waals surface area contributed by atoms with Crippen LogP contribution in [0.2, 0.25) is 5.02 Å². The Bertz CT molecular complexity index is 568. The quantitative estimate of drug-likeness (QED) is 0.911. The van der Waals surface area contributed by atoms with Crippen molar-refractivity contribution >= 4 is 11.6 Å². The highest BCUT2D eigenvalue weighted by Gasteiger charge is 2.10. The van der Waals surface area contributed by atoms with Gasteiger partial charge in [-0.2, -0.15) is 0 Å². The lowest BCUT2D eigenvalue weighted by molar-refractivity contribution is 0.287. The average molecular weight is 281 g/mol. The Balaban J connectivity index is 2.15. The summed E-state index contributed by atoms with van der Waals surface area (Å²) in [5.74, 6) is 2.41. The summed E-state index contributed by atoms with van der Waals surface area (Å²) < 4.78 is 7.71. The zero-order valence-corrected chi connectivity index (χ0v) is 12.0. The molecular formula is C13H17ClN4O. The molecule has 0 aliphatic rings. The molecule has 0 bridgehead atoms. The van der Waals surface area contributed by atoms with Gasteiger partial charge in [0.2, 0.25) is 0 Å². The average Bonchev–Trinajstić information content (AvgIpc) is 2.71.